The maximum atomic E-state index is 13.6. The molecule has 0 heterocycles. The molecule has 1 rings (SSSR count). The number of rotatable bonds is 13. The van der Waals surface area contributed by atoms with Crippen LogP contribution in [0.1, 0.15) is 59.8 Å². The van der Waals surface area contributed by atoms with E-state index in [1.807, 2.05) is 13.8 Å². The molecule has 0 bridgehead atoms. The number of benzene rings is 1. The third-order valence-corrected chi connectivity index (χ3v) is 5.89. The molecule has 0 unspecified atom stereocenters. The highest BCUT2D eigenvalue weighted by atomic mass is 32.2. The molecule has 0 aliphatic rings. The molecule has 1 amide bonds. The average molecular weight is 482 g/mol. The average Bonchev–Trinajstić information content (AvgIpc) is 2.71. The van der Waals surface area contributed by atoms with Gasteiger partial charge in [-0.1, -0.05) is 6.42 Å². The summed E-state index contributed by atoms with van der Waals surface area (Å²) in [5.74, 6) is -6.53. The van der Waals surface area contributed by atoms with Crippen molar-refractivity contribution < 1.29 is 36.6 Å². The third-order valence-electron chi connectivity index (χ3n) is 4.90. The van der Waals surface area contributed by atoms with Crippen LogP contribution in [0.4, 0.5) is 17.6 Å². The summed E-state index contributed by atoms with van der Waals surface area (Å²) in [5, 5.41) is 2.17. The van der Waals surface area contributed by atoms with E-state index < -0.39 is 38.9 Å². The number of halogens is 4. The second-order valence-corrected chi connectivity index (χ2v) is 9.48. The zero-order chi connectivity index (χ0) is 24.5. The van der Waals surface area contributed by atoms with Crippen LogP contribution in [0.2, 0.25) is 0 Å². The quantitative estimate of drug-likeness (QED) is 0.183. The van der Waals surface area contributed by atoms with E-state index >= 15 is 0 Å². The second kappa shape index (κ2) is 12.6. The SMILES string of the molecule is COC(C)(C)CCOC(C)(C)C(=O)NCCCCCC(=O)Sc1c(F)c(F)cc(F)c1F. The van der Waals surface area contributed by atoms with E-state index in [1.54, 1.807) is 21.0 Å². The Hall–Kier alpha value is -1.65. The Morgan fingerprint density at radius 1 is 1.00 bits per heavy atom. The van der Waals surface area contributed by atoms with Crippen LogP contribution in [-0.4, -0.2) is 42.5 Å². The lowest BCUT2D eigenvalue weighted by Crippen LogP contribution is -2.45. The number of carbonyl (C=O) groups is 2. The largest absolute Gasteiger partial charge is 0.379 e. The molecule has 0 aromatic heterocycles. The number of thioether (sulfide) groups is 1. The fourth-order valence-electron chi connectivity index (χ4n) is 2.51. The highest BCUT2D eigenvalue weighted by Gasteiger charge is 2.29. The number of hydrogen-bond acceptors (Lipinski definition) is 5. The van der Waals surface area contributed by atoms with Gasteiger partial charge in [-0.25, -0.2) is 17.6 Å². The first-order chi connectivity index (χ1) is 14.8. The molecule has 0 aliphatic carbocycles. The summed E-state index contributed by atoms with van der Waals surface area (Å²) in [5.41, 5.74) is -1.35. The van der Waals surface area contributed by atoms with Crippen molar-refractivity contribution in [2.75, 3.05) is 20.3 Å². The van der Waals surface area contributed by atoms with Crippen LogP contribution in [0.15, 0.2) is 11.0 Å². The number of nitrogens with one attached hydrogen (secondary N) is 1. The van der Waals surface area contributed by atoms with Gasteiger partial charge in [0.25, 0.3) is 5.91 Å². The van der Waals surface area contributed by atoms with Gasteiger partial charge in [0.05, 0.1) is 17.1 Å². The molecule has 0 fully saturated rings. The number of carbonyl (C=O) groups excluding carboxylic acids is 2. The first-order valence-electron chi connectivity index (χ1n) is 10.3. The van der Waals surface area contributed by atoms with Gasteiger partial charge in [0.1, 0.15) is 5.60 Å². The lowest BCUT2D eigenvalue weighted by Gasteiger charge is -2.28. The minimum Gasteiger partial charge on any atom is -0.379 e. The van der Waals surface area contributed by atoms with Gasteiger partial charge in [-0.05, 0) is 58.7 Å². The van der Waals surface area contributed by atoms with E-state index in [2.05, 4.69) is 5.32 Å². The van der Waals surface area contributed by atoms with Crippen LogP contribution in [-0.2, 0) is 19.1 Å². The highest BCUT2D eigenvalue weighted by molar-refractivity contribution is 8.13. The van der Waals surface area contributed by atoms with Crippen molar-refractivity contribution in [3.8, 4) is 0 Å². The number of unbranched alkanes of at least 4 members (excludes halogenated alkanes) is 2. The Morgan fingerprint density at radius 3 is 2.16 bits per heavy atom. The zero-order valence-corrected chi connectivity index (χ0v) is 19.9. The van der Waals surface area contributed by atoms with E-state index in [4.69, 9.17) is 9.47 Å². The summed E-state index contributed by atoms with van der Waals surface area (Å²) in [4.78, 5) is 23.2. The van der Waals surface area contributed by atoms with Crippen molar-refractivity contribution in [2.45, 2.75) is 75.9 Å². The lowest BCUT2D eigenvalue weighted by atomic mass is 10.1. The predicted molar refractivity (Wildman–Crippen MR) is 114 cm³/mol. The smallest absolute Gasteiger partial charge is 0.251 e. The zero-order valence-electron chi connectivity index (χ0n) is 19.1. The Morgan fingerprint density at radius 2 is 1.59 bits per heavy atom. The fraction of sp³-hybridized carbons (Fsp3) is 0.636. The van der Waals surface area contributed by atoms with Gasteiger partial charge < -0.3 is 14.8 Å². The highest BCUT2D eigenvalue weighted by Crippen LogP contribution is 2.30. The van der Waals surface area contributed by atoms with Crippen LogP contribution in [0.5, 0.6) is 0 Å². The molecule has 182 valence electrons. The molecule has 0 saturated heterocycles. The predicted octanol–water partition coefficient (Wildman–Crippen LogP) is 5.15. The van der Waals surface area contributed by atoms with Gasteiger partial charge in [0, 0.05) is 26.1 Å². The van der Waals surface area contributed by atoms with E-state index in [0.29, 0.717) is 38.8 Å². The summed E-state index contributed by atoms with van der Waals surface area (Å²) in [6, 6.07) is 0.0974. The van der Waals surface area contributed by atoms with Gasteiger partial charge >= 0.3 is 0 Å². The number of amides is 1. The molecule has 1 aromatic carbocycles. The van der Waals surface area contributed by atoms with Crippen molar-refractivity contribution >= 4 is 22.8 Å². The maximum Gasteiger partial charge on any atom is 0.251 e. The maximum absolute atomic E-state index is 13.6. The summed E-state index contributed by atoms with van der Waals surface area (Å²) in [6.07, 6.45) is 2.14. The molecule has 0 spiro atoms. The van der Waals surface area contributed by atoms with Crippen molar-refractivity contribution in [3.05, 3.63) is 29.3 Å². The normalized spacial score (nSPS) is 12.2. The van der Waals surface area contributed by atoms with E-state index in [1.165, 1.54) is 0 Å². The van der Waals surface area contributed by atoms with Gasteiger partial charge in [-0.3, -0.25) is 9.59 Å². The molecule has 0 radical (unpaired) electrons. The fourth-order valence-corrected chi connectivity index (χ4v) is 3.36. The third kappa shape index (κ3) is 9.07. The number of methoxy groups -OCH3 is 1. The van der Waals surface area contributed by atoms with Crippen LogP contribution in [0, 0.1) is 23.3 Å². The Balaban J connectivity index is 2.31. The molecule has 0 saturated carbocycles. The van der Waals surface area contributed by atoms with Crippen LogP contribution >= 0.6 is 11.8 Å². The van der Waals surface area contributed by atoms with E-state index in [-0.39, 0.29) is 35.8 Å². The summed E-state index contributed by atoms with van der Waals surface area (Å²) < 4.78 is 64.6. The van der Waals surface area contributed by atoms with Crippen molar-refractivity contribution in [1.29, 1.82) is 0 Å². The number of ether oxygens (including phenoxy) is 2. The molecule has 32 heavy (non-hydrogen) atoms. The van der Waals surface area contributed by atoms with Crippen LogP contribution in [0.3, 0.4) is 0 Å². The number of hydrogen-bond donors (Lipinski definition) is 1. The molecular weight excluding hydrogens is 450 g/mol. The second-order valence-electron chi connectivity index (χ2n) is 8.41. The van der Waals surface area contributed by atoms with Gasteiger partial charge in [0.15, 0.2) is 28.4 Å². The van der Waals surface area contributed by atoms with Crippen LogP contribution in [0.25, 0.3) is 0 Å². The van der Waals surface area contributed by atoms with E-state index in [9.17, 15) is 27.2 Å². The minimum atomic E-state index is -1.58. The molecule has 1 N–H and O–H groups in total. The van der Waals surface area contributed by atoms with Crippen LogP contribution < -0.4 is 5.32 Å². The molecule has 5 nitrogen and oxygen atoms in total. The minimum absolute atomic E-state index is 0.0283. The van der Waals surface area contributed by atoms with Gasteiger partial charge in [-0.2, -0.15) is 0 Å². The molecule has 1 aromatic rings. The Labute approximate surface area is 190 Å². The summed E-state index contributed by atoms with van der Waals surface area (Å²) >= 11 is 0.144. The molecule has 10 heteroatoms. The van der Waals surface area contributed by atoms with Crippen molar-refractivity contribution in [1.82, 2.24) is 5.32 Å². The molecule has 0 atom stereocenters. The topological polar surface area (TPSA) is 64.6 Å². The standard InChI is InChI=1S/C22H31F4NO4S/c1-21(2,30-5)10-12-31-22(3,4)20(29)27-11-8-6-7-9-16(28)32-19-17(25)14(23)13-15(24)18(19)26/h13H,6-12H2,1-5H3,(H,27,29). The van der Waals surface area contributed by atoms with Gasteiger partial charge in [0.2, 0.25) is 0 Å². The first kappa shape index (κ1) is 28.4. The lowest BCUT2D eigenvalue weighted by molar-refractivity contribution is -0.144. The van der Waals surface area contributed by atoms with Crippen molar-refractivity contribution in [3.63, 3.8) is 0 Å². The Kier molecular flexibility index (Phi) is 11.1. The molecular formula is C22H31F4NO4S. The molecule has 0 aliphatic heterocycles. The van der Waals surface area contributed by atoms with E-state index in [0.717, 1.165) is 0 Å². The Bertz CT molecular complexity index is 776. The van der Waals surface area contributed by atoms with Gasteiger partial charge in [-0.15, -0.1) is 0 Å². The van der Waals surface area contributed by atoms with Crippen molar-refractivity contribution in [2.24, 2.45) is 0 Å². The summed E-state index contributed by atoms with van der Waals surface area (Å²) in [7, 11) is 1.61. The first-order valence-corrected chi connectivity index (χ1v) is 11.1. The summed E-state index contributed by atoms with van der Waals surface area (Å²) in [6.45, 7) is 7.93. The monoisotopic (exact) mass is 481 g/mol.